The summed E-state index contributed by atoms with van der Waals surface area (Å²) < 4.78 is 17.6. The number of halogens is 1. The number of rotatable bonds is 3. The molecule has 0 atom stereocenters. The van der Waals surface area contributed by atoms with Gasteiger partial charge in [0.1, 0.15) is 5.82 Å². The molecule has 0 radical (unpaired) electrons. The van der Waals surface area contributed by atoms with Gasteiger partial charge in [-0.3, -0.25) is 4.79 Å². The summed E-state index contributed by atoms with van der Waals surface area (Å²) in [6.07, 6.45) is 0. The van der Waals surface area contributed by atoms with Crippen LogP contribution < -0.4 is 10.1 Å². The van der Waals surface area contributed by atoms with Crippen LogP contribution in [0.1, 0.15) is 10.4 Å². The Morgan fingerprint density at radius 3 is 2.47 bits per heavy atom. The predicted molar refractivity (Wildman–Crippen MR) is 69.0 cm³/mol. The second kappa shape index (κ2) is 5.39. The molecule has 19 heavy (non-hydrogen) atoms. The highest BCUT2D eigenvalue weighted by Gasteiger charge is 2.09. The molecule has 0 saturated heterocycles. The lowest BCUT2D eigenvalue weighted by atomic mass is 10.2. The van der Waals surface area contributed by atoms with E-state index in [1.165, 1.54) is 49.6 Å². The van der Waals surface area contributed by atoms with Crippen molar-refractivity contribution in [3.05, 3.63) is 53.8 Å². The van der Waals surface area contributed by atoms with Crippen LogP contribution in [-0.4, -0.2) is 18.1 Å². The zero-order valence-electron chi connectivity index (χ0n) is 10.2. The average Bonchev–Trinajstić information content (AvgIpc) is 2.41. The summed E-state index contributed by atoms with van der Waals surface area (Å²) in [5.74, 6) is -0.600. The van der Waals surface area contributed by atoms with Gasteiger partial charge in [-0.15, -0.1) is 0 Å². The van der Waals surface area contributed by atoms with Crippen molar-refractivity contribution in [2.24, 2.45) is 0 Å². The fourth-order valence-electron chi connectivity index (χ4n) is 1.57. The van der Waals surface area contributed by atoms with Crippen LogP contribution in [0.2, 0.25) is 0 Å². The topological polar surface area (TPSA) is 58.6 Å². The Morgan fingerprint density at radius 2 is 1.89 bits per heavy atom. The first-order chi connectivity index (χ1) is 9.10. The number of phenols is 1. The molecular weight excluding hydrogens is 249 g/mol. The molecule has 5 heteroatoms. The number of methoxy groups -OCH3 is 1. The molecule has 0 aromatic heterocycles. The van der Waals surface area contributed by atoms with Crippen molar-refractivity contribution < 1.29 is 19.0 Å². The third-order valence-electron chi connectivity index (χ3n) is 2.54. The van der Waals surface area contributed by atoms with Crippen molar-refractivity contribution in [1.29, 1.82) is 0 Å². The van der Waals surface area contributed by atoms with Gasteiger partial charge >= 0.3 is 0 Å². The number of phenolic OH excluding ortho intramolecular Hbond substituents is 1. The number of hydrogen-bond acceptors (Lipinski definition) is 3. The van der Waals surface area contributed by atoms with Gasteiger partial charge < -0.3 is 15.2 Å². The molecule has 0 saturated carbocycles. The molecule has 0 unspecified atom stereocenters. The van der Waals surface area contributed by atoms with Crippen molar-refractivity contribution in [3.8, 4) is 11.5 Å². The molecule has 0 fully saturated rings. The van der Waals surface area contributed by atoms with Gasteiger partial charge in [0, 0.05) is 11.3 Å². The minimum atomic E-state index is -0.399. The SMILES string of the molecule is COc1ccc(C(=O)Nc2ccc(F)cc2)cc1O. The maximum Gasteiger partial charge on any atom is 0.255 e. The third-order valence-corrected chi connectivity index (χ3v) is 2.54. The Bertz CT molecular complexity index is 596. The Balaban J connectivity index is 2.16. The number of nitrogens with one attached hydrogen (secondary N) is 1. The van der Waals surface area contributed by atoms with Crippen molar-refractivity contribution >= 4 is 11.6 Å². The van der Waals surface area contributed by atoms with Crippen LogP contribution in [0.5, 0.6) is 11.5 Å². The predicted octanol–water partition coefficient (Wildman–Crippen LogP) is 2.79. The molecule has 0 aliphatic rings. The van der Waals surface area contributed by atoms with Crippen molar-refractivity contribution in [1.82, 2.24) is 0 Å². The average molecular weight is 261 g/mol. The van der Waals surface area contributed by atoms with Gasteiger partial charge in [-0.05, 0) is 42.5 Å². The van der Waals surface area contributed by atoms with Crippen molar-refractivity contribution in [2.75, 3.05) is 12.4 Å². The van der Waals surface area contributed by atoms with Gasteiger partial charge in [-0.1, -0.05) is 0 Å². The number of anilines is 1. The van der Waals surface area contributed by atoms with E-state index in [-0.39, 0.29) is 17.1 Å². The van der Waals surface area contributed by atoms with Gasteiger partial charge in [0.25, 0.3) is 5.91 Å². The second-order valence-electron chi connectivity index (χ2n) is 3.85. The summed E-state index contributed by atoms with van der Waals surface area (Å²) in [5, 5.41) is 12.2. The summed E-state index contributed by atoms with van der Waals surface area (Å²) in [6, 6.07) is 9.74. The summed E-state index contributed by atoms with van der Waals surface area (Å²) in [6.45, 7) is 0. The minimum absolute atomic E-state index is 0.116. The molecule has 0 bridgehead atoms. The fourth-order valence-corrected chi connectivity index (χ4v) is 1.57. The lowest BCUT2D eigenvalue weighted by Gasteiger charge is -2.07. The quantitative estimate of drug-likeness (QED) is 0.893. The first kappa shape index (κ1) is 12.9. The molecular formula is C14H12FNO3. The number of aromatic hydroxyl groups is 1. The Morgan fingerprint density at radius 1 is 1.21 bits per heavy atom. The highest BCUT2D eigenvalue weighted by atomic mass is 19.1. The van der Waals surface area contributed by atoms with Gasteiger partial charge in [0.15, 0.2) is 11.5 Å². The van der Waals surface area contributed by atoms with Crippen molar-refractivity contribution in [2.45, 2.75) is 0 Å². The van der Waals surface area contributed by atoms with Gasteiger partial charge in [-0.25, -0.2) is 4.39 Å². The van der Waals surface area contributed by atoms with E-state index in [0.29, 0.717) is 11.4 Å². The molecule has 0 spiro atoms. The Hall–Kier alpha value is -2.56. The summed E-state index contributed by atoms with van der Waals surface area (Å²) in [7, 11) is 1.42. The third kappa shape index (κ3) is 3.01. The van der Waals surface area contributed by atoms with E-state index >= 15 is 0 Å². The molecule has 0 aliphatic heterocycles. The zero-order chi connectivity index (χ0) is 13.8. The van der Waals surface area contributed by atoms with E-state index in [0.717, 1.165) is 0 Å². The van der Waals surface area contributed by atoms with E-state index in [1.807, 2.05) is 0 Å². The number of carbonyl (C=O) groups excluding carboxylic acids is 1. The number of ether oxygens (including phenoxy) is 1. The molecule has 2 rings (SSSR count). The molecule has 98 valence electrons. The van der Waals surface area contributed by atoms with Crippen LogP contribution in [0, 0.1) is 5.82 Å². The lowest BCUT2D eigenvalue weighted by molar-refractivity contribution is 0.102. The number of benzene rings is 2. The Kier molecular flexibility index (Phi) is 3.66. The van der Waals surface area contributed by atoms with E-state index < -0.39 is 5.91 Å². The van der Waals surface area contributed by atoms with Crippen LogP contribution in [0.25, 0.3) is 0 Å². The number of hydrogen-bond donors (Lipinski definition) is 2. The molecule has 2 aromatic carbocycles. The van der Waals surface area contributed by atoms with Gasteiger partial charge in [0.2, 0.25) is 0 Å². The standard InChI is InChI=1S/C14H12FNO3/c1-19-13-7-2-9(8-12(13)17)14(18)16-11-5-3-10(15)4-6-11/h2-8,17H,1H3,(H,16,18). The van der Waals surface area contributed by atoms with Crippen LogP contribution in [0.3, 0.4) is 0 Å². The molecule has 0 aliphatic carbocycles. The van der Waals surface area contributed by atoms with E-state index in [4.69, 9.17) is 4.74 Å². The molecule has 4 nitrogen and oxygen atoms in total. The molecule has 2 aromatic rings. The minimum Gasteiger partial charge on any atom is -0.504 e. The van der Waals surface area contributed by atoms with Crippen LogP contribution in [0.15, 0.2) is 42.5 Å². The molecule has 2 N–H and O–H groups in total. The van der Waals surface area contributed by atoms with Gasteiger partial charge in [0.05, 0.1) is 7.11 Å². The first-order valence-electron chi connectivity index (χ1n) is 5.54. The first-order valence-corrected chi connectivity index (χ1v) is 5.54. The number of carbonyl (C=O) groups is 1. The van der Waals surface area contributed by atoms with Gasteiger partial charge in [-0.2, -0.15) is 0 Å². The molecule has 0 heterocycles. The zero-order valence-corrected chi connectivity index (χ0v) is 10.2. The fraction of sp³-hybridized carbons (Fsp3) is 0.0714. The Labute approximate surface area is 109 Å². The summed E-state index contributed by atoms with van der Waals surface area (Å²) >= 11 is 0. The van der Waals surface area contributed by atoms with Crippen molar-refractivity contribution in [3.63, 3.8) is 0 Å². The maximum atomic E-state index is 12.7. The highest BCUT2D eigenvalue weighted by Crippen LogP contribution is 2.26. The normalized spacial score (nSPS) is 10.0. The second-order valence-corrected chi connectivity index (χ2v) is 3.85. The monoisotopic (exact) mass is 261 g/mol. The summed E-state index contributed by atoms with van der Waals surface area (Å²) in [5.41, 5.74) is 0.754. The highest BCUT2D eigenvalue weighted by molar-refractivity contribution is 6.04. The largest absolute Gasteiger partial charge is 0.504 e. The maximum absolute atomic E-state index is 12.7. The van der Waals surface area contributed by atoms with E-state index in [2.05, 4.69) is 5.32 Å². The van der Waals surface area contributed by atoms with Crippen LogP contribution >= 0.6 is 0 Å². The van der Waals surface area contributed by atoms with E-state index in [9.17, 15) is 14.3 Å². The van der Waals surface area contributed by atoms with Crippen LogP contribution in [-0.2, 0) is 0 Å². The van der Waals surface area contributed by atoms with Crippen LogP contribution in [0.4, 0.5) is 10.1 Å². The lowest BCUT2D eigenvalue weighted by Crippen LogP contribution is -2.11. The summed E-state index contributed by atoms with van der Waals surface area (Å²) in [4.78, 5) is 11.9. The number of amides is 1. The smallest absolute Gasteiger partial charge is 0.255 e. The van der Waals surface area contributed by atoms with E-state index in [1.54, 1.807) is 0 Å². The molecule has 1 amide bonds.